The number of benzene rings is 1. The Morgan fingerprint density at radius 2 is 2.16 bits per heavy atom. The van der Waals surface area contributed by atoms with Gasteiger partial charge in [-0.25, -0.2) is 4.98 Å². The number of aliphatic hydroxyl groups excluding tert-OH is 1. The molecule has 1 unspecified atom stereocenters. The fraction of sp³-hybridized carbons (Fsp3) is 0.400. The van der Waals surface area contributed by atoms with Crippen LogP contribution in [0.2, 0.25) is 0 Å². The Bertz CT molecular complexity index is 594. The summed E-state index contributed by atoms with van der Waals surface area (Å²) in [7, 11) is 2.04. The Kier molecular flexibility index (Phi) is 3.29. The molecule has 100 valence electrons. The smallest absolute Gasteiger partial charge is 0.190 e. The molecule has 1 atom stereocenters. The molecule has 3 nitrogen and oxygen atoms in total. The Hall–Kier alpha value is -1.39. The van der Waals surface area contributed by atoms with Crippen LogP contribution in [0.15, 0.2) is 24.3 Å². The van der Waals surface area contributed by atoms with Crippen LogP contribution in [-0.4, -0.2) is 17.1 Å². The fourth-order valence-electron chi connectivity index (χ4n) is 2.57. The standard InChI is InChI=1S/C15H18N2OS/c1-10-6-3-4-8-12(10)17(2)15-16-11-7-5-9-13(18)14(11)19-15/h3-4,6,8,13,18H,5,7,9H2,1-2H3. The number of aromatic nitrogens is 1. The van der Waals surface area contributed by atoms with E-state index in [1.54, 1.807) is 11.3 Å². The van der Waals surface area contributed by atoms with Crippen molar-refractivity contribution in [3.05, 3.63) is 40.4 Å². The predicted octanol–water partition coefficient (Wildman–Crippen LogP) is 3.59. The molecule has 0 saturated heterocycles. The van der Waals surface area contributed by atoms with Crippen molar-refractivity contribution in [1.29, 1.82) is 0 Å². The number of aliphatic hydroxyl groups is 1. The lowest BCUT2D eigenvalue weighted by Crippen LogP contribution is -2.10. The van der Waals surface area contributed by atoms with Gasteiger partial charge in [0.15, 0.2) is 5.13 Å². The molecular formula is C15H18N2OS. The van der Waals surface area contributed by atoms with Crippen LogP contribution in [-0.2, 0) is 6.42 Å². The molecule has 1 aromatic heterocycles. The van der Waals surface area contributed by atoms with Gasteiger partial charge in [0, 0.05) is 12.7 Å². The topological polar surface area (TPSA) is 36.4 Å². The molecule has 0 radical (unpaired) electrons. The van der Waals surface area contributed by atoms with Gasteiger partial charge in [0.1, 0.15) is 0 Å². The Morgan fingerprint density at radius 3 is 2.89 bits per heavy atom. The SMILES string of the molecule is Cc1ccccc1N(C)c1nc2c(s1)C(O)CCC2. The lowest BCUT2D eigenvalue weighted by Gasteiger charge is -2.18. The molecule has 0 amide bonds. The number of rotatable bonds is 2. The van der Waals surface area contributed by atoms with Crippen molar-refractivity contribution in [1.82, 2.24) is 4.98 Å². The van der Waals surface area contributed by atoms with E-state index in [-0.39, 0.29) is 6.10 Å². The zero-order valence-electron chi connectivity index (χ0n) is 11.3. The third kappa shape index (κ3) is 2.26. The molecule has 0 fully saturated rings. The van der Waals surface area contributed by atoms with E-state index in [0.717, 1.165) is 35.0 Å². The van der Waals surface area contributed by atoms with Crippen LogP contribution in [0.25, 0.3) is 0 Å². The van der Waals surface area contributed by atoms with Gasteiger partial charge in [-0.15, -0.1) is 0 Å². The van der Waals surface area contributed by atoms with Gasteiger partial charge in [0.05, 0.1) is 16.7 Å². The van der Waals surface area contributed by atoms with Crippen molar-refractivity contribution in [3.8, 4) is 0 Å². The van der Waals surface area contributed by atoms with Gasteiger partial charge < -0.3 is 10.0 Å². The molecule has 1 heterocycles. The van der Waals surface area contributed by atoms with Crippen molar-refractivity contribution >= 4 is 22.2 Å². The first-order valence-corrected chi connectivity index (χ1v) is 7.45. The molecule has 1 aromatic carbocycles. The summed E-state index contributed by atoms with van der Waals surface area (Å²) in [6, 6.07) is 8.30. The molecule has 0 saturated carbocycles. The number of aryl methyl sites for hydroxylation is 2. The number of nitrogens with zero attached hydrogens (tertiary/aromatic N) is 2. The monoisotopic (exact) mass is 274 g/mol. The van der Waals surface area contributed by atoms with Gasteiger partial charge in [-0.2, -0.15) is 0 Å². The van der Waals surface area contributed by atoms with E-state index in [2.05, 4.69) is 24.0 Å². The maximum Gasteiger partial charge on any atom is 0.190 e. The first-order chi connectivity index (χ1) is 9.16. The summed E-state index contributed by atoms with van der Waals surface area (Å²) in [6.45, 7) is 2.11. The number of anilines is 2. The number of fused-ring (bicyclic) bond motifs is 1. The van der Waals surface area contributed by atoms with E-state index in [1.807, 2.05) is 19.2 Å². The van der Waals surface area contributed by atoms with Crippen molar-refractivity contribution in [3.63, 3.8) is 0 Å². The first kappa shape index (κ1) is 12.6. The average Bonchev–Trinajstić information content (AvgIpc) is 2.84. The van der Waals surface area contributed by atoms with Gasteiger partial charge in [-0.3, -0.25) is 0 Å². The molecular weight excluding hydrogens is 256 g/mol. The predicted molar refractivity (Wildman–Crippen MR) is 79.3 cm³/mol. The number of hydrogen-bond donors (Lipinski definition) is 1. The number of para-hydroxylation sites is 1. The highest BCUT2D eigenvalue weighted by molar-refractivity contribution is 7.15. The third-order valence-electron chi connectivity index (χ3n) is 3.67. The Morgan fingerprint density at radius 1 is 1.37 bits per heavy atom. The van der Waals surface area contributed by atoms with Gasteiger partial charge >= 0.3 is 0 Å². The molecule has 1 aliphatic rings. The first-order valence-electron chi connectivity index (χ1n) is 6.64. The summed E-state index contributed by atoms with van der Waals surface area (Å²) >= 11 is 1.62. The van der Waals surface area contributed by atoms with Crippen molar-refractivity contribution in [2.75, 3.05) is 11.9 Å². The van der Waals surface area contributed by atoms with Gasteiger partial charge in [0.25, 0.3) is 0 Å². The second-order valence-electron chi connectivity index (χ2n) is 5.06. The molecule has 2 aromatic rings. The van der Waals surface area contributed by atoms with Crippen LogP contribution in [0, 0.1) is 6.92 Å². The van der Waals surface area contributed by atoms with Crippen LogP contribution >= 0.6 is 11.3 Å². The number of hydrogen-bond acceptors (Lipinski definition) is 4. The average molecular weight is 274 g/mol. The summed E-state index contributed by atoms with van der Waals surface area (Å²) in [6.07, 6.45) is 2.57. The minimum Gasteiger partial charge on any atom is -0.388 e. The third-order valence-corrected chi connectivity index (χ3v) is 4.95. The maximum atomic E-state index is 10.0. The summed E-state index contributed by atoms with van der Waals surface area (Å²) in [4.78, 5) is 7.88. The Labute approximate surface area is 117 Å². The lowest BCUT2D eigenvalue weighted by atomic mass is 10.0. The van der Waals surface area contributed by atoms with Crippen LogP contribution in [0.1, 0.15) is 35.1 Å². The largest absolute Gasteiger partial charge is 0.388 e. The lowest BCUT2D eigenvalue weighted by molar-refractivity contribution is 0.160. The minimum absolute atomic E-state index is 0.319. The molecule has 0 spiro atoms. The van der Waals surface area contributed by atoms with Crippen LogP contribution < -0.4 is 4.90 Å². The summed E-state index contributed by atoms with van der Waals surface area (Å²) < 4.78 is 0. The van der Waals surface area contributed by atoms with Crippen LogP contribution in [0.4, 0.5) is 10.8 Å². The van der Waals surface area contributed by atoms with E-state index in [1.165, 1.54) is 11.3 Å². The molecule has 3 rings (SSSR count). The molecule has 0 aliphatic heterocycles. The van der Waals surface area contributed by atoms with Gasteiger partial charge in [-0.1, -0.05) is 29.5 Å². The second-order valence-corrected chi connectivity index (χ2v) is 6.07. The maximum absolute atomic E-state index is 10.0. The van der Waals surface area contributed by atoms with E-state index >= 15 is 0 Å². The second kappa shape index (κ2) is 4.94. The summed E-state index contributed by atoms with van der Waals surface area (Å²) in [5, 5.41) is 11.0. The van der Waals surface area contributed by atoms with Gasteiger partial charge in [0.2, 0.25) is 0 Å². The highest BCUT2D eigenvalue weighted by atomic mass is 32.1. The highest BCUT2D eigenvalue weighted by Crippen LogP contribution is 2.39. The van der Waals surface area contributed by atoms with E-state index in [4.69, 9.17) is 4.98 Å². The van der Waals surface area contributed by atoms with Crippen molar-refractivity contribution in [2.24, 2.45) is 0 Å². The number of thiazole rings is 1. The molecule has 4 heteroatoms. The van der Waals surface area contributed by atoms with Crippen LogP contribution in [0.5, 0.6) is 0 Å². The quantitative estimate of drug-likeness (QED) is 0.909. The highest BCUT2D eigenvalue weighted by Gasteiger charge is 2.24. The molecule has 0 bridgehead atoms. The van der Waals surface area contributed by atoms with E-state index < -0.39 is 0 Å². The molecule has 19 heavy (non-hydrogen) atoms. The summed E-state index contributed by atoms with van der Waals surface area (Å²) in [5.74, 6) is 0. The molecule has 1 aliphatic carbocycles. The van der Waals surface area contributed by atoms with Crippen LogP contribution in [0.3, 0.4) is 0 Å². The van der Waals surface area contributed by atoms with Crippen molar-refractivity contribution in [2.45, 2.75) is 32.3 Å². The minimum atomic E-state index is -0.319. The zero-order valence-corrected chi connectivity index (χ0v) is 12.1. The van der Waals surface area contributed by atoms with E-state index in [9.17, 15) is 5.11 Å². The zero-order chi connectivity index (χ0) is 13.4. The normalized spacial score (nSPS) is 18.2. The van der Waals surface area contributed by atoms with Crippen molar-refractivity contribution < 1.29 is 5.11 Å². The summed E-state index contributed by atoms with van der Waals surface area (Å²) in [5.41, 5.74) is 3.49. The fourth-order valence-corrected chi connectivity index (χ4v) is 3.68. The van der Waals surface area contributed by atoms with E-state index in [0.29, 0.717) is 0 Å². The Balaban J connectivity index is 1.97. The molecule has 1 N–H and O–H groups in total. The van der Waals surface area contributed by atoms with Gasteiger partial charge in [-0.05, 0) is 37.8 Å².